The van der Waals surface area contributed by atoms with Crippen LogP contribution in [0.3, 0.4) is 0 Å². The second-order valence-corrected chi connectivity index (χ2v) is 9.12. The average Bonchev–Trinajstić information content (AvgIpc) is 3.35. The van der Waals surface area contributed by atoms with Crippen LogP contribution in [0, 0.1) is 19.7 Å². The lowest BCUT2D eigenvalue weighted by atomic mass is 9.98. The third kappa shape index (κ3) is 7.28. The number of nitrogens with zero attached hydrogens (tertiary/aromatic N) is 2. The van der Waals surface area contributed by atoms with Gasteiger partial charge in [-0.05, 0) is 55.2 Å². The molecule has 0 bridgehead atoms. The lowest BCUT2D eigenvalue weighted by Gasteiger charge is -2.31. The Morgan fingerprint density at radius 2 is 1.70 bits per heavy atom. The Kier molecular flexibility index (Phi) is 9.19. The number of hydrogen-bond acceptors (Lipinski definition) is 5. The number of carbonyl (C=O) groups excluding carboxylic acids is 3. The molecule has 0 aliphatic rings. The minimum Gasteiger partial charge on any atom is -0.360 e. The van der Waals surface area contributed by atoms with Crippen molar-refractivity contribution in [1.82, 2.24) is 10.5 Å². The van der Waals surface area contributed by atoms with E-state index in [9.17, 15) is 18.8 Å². The highest BCUT2D eigenvalue weighted by molar-refractivity contribution is 6.10. The van der Waals surface area contributed by atoms with Crippen molar-refractivity contribution in [1.29, 1.82) is 0 Å². The molecule has 3 aromatic carbocycles. The quantitative estimate of drug-likeness (QED) is 0.274. The summed E-state index contributed by atoms with van der Waals surface area (Å²) in [7, 11) is 0. The van der Waals surface area contributed by atoms with Crippen molar-refractivity contribution in [2.24, 2.45) is 0 Å². The van der Waals surface area contributed by atoms with Gasteiger partial charge in [-0.1, -0.05) is 65.8 Å². The maximum absolute atomic E-state index is 14.3. The molecule has 0 unspecified atom stereocenters. The molecule has 204 valence electrons. The van der Waals surface area contributed by atoms with Crippen molar-refractivity contribution < 1.29 is 23.3 Å². The predicted octanol–water partition coefficient (Wildman–Crippen LogP) is 5.06. The summed E-state index contributed by atoms with van der Waals surface area (Å²) in [4.78, 5) is 41.1. The summed E-state index contributed by atoms with van der Waals surface area (Å²) in [6, 6.07) is 22.7. The van der Waals surface area contributed by atoms with E-state index < -0.39 is 29.6 Å². The first-order valence-corrected chi connectivity index (χ1v) is 12.7. The molecular formula is C31H29FN4O4. The molecule has 0 radical (unpaired) electrons. The SMILES string of the molecule is Cc1cc(NC(=O)/C=C/C(=O)N(c2cccc(F)c2)[C@@H](C(=O)NCCc2ccccc2)c2ccccc2C)no1. The number of carbonyl (C=O) groups is 3. The molecule has 3 amide bonds. The molecule has 0 spiro atoms. The normalized spacial score (nSPS) is 11.7. The summed E-state index contributed by atoms with van der Waals surface area (Å²) in [5.41, 5.74) is 2.54. The lowest BCUT2D eigenvalue weighted by Crippen LogP contribution is -2.44. The third-order valence-corrected chi connectivity index (χ3v) is 6.13. The van der Waals surface area contributed by atoms with Crippen LogP contribution in [0.15, 0.2) is 102 Å². The number of halogens is 1. The molecule has 0 aliphatic carbocycles. The zero-order chi connectivity index (χ0) is 28.5. The number of anilines is 2. The highest BCUT2D eigenvalue weighted by Gasteiger charge is 2.33. The van der Waals surface area contributed by atoms with Gasteiger partial charge in [-0.15, -0.1) is 0 Å². The van der Waals surface area contributed by atoms with Crippen LogP contribution in [0.4, 0.5) is 15.9 Å². The van der Waals surface area contributed by atoms with E-state index in [2.05, 4.69) is 15.8 Å². The van der Waals surface area contributed by atoms with Crippen LogP contribution in [-0.4, -0.2) is 29.4 Å². The molecule has 4 aromatic rings. The van der Waals surface area contributed by atoms with Gasteiger partial charge >= 0.3 is 0 Å². The van der Waals surface area contributed by atoms with Crippen molar-refractivity contribution >= 4 is 29.2 Å². The largest absolute Gasteiger partial charge is 0.360 e. The third-order valence-electron chi connectivity index (χ3n) is 6.13. The van der Waals surface area contributed by atoms with E-state index in [0.29, 0.717) is 24.3 Å². The number of hydrogen-bond donors (Lipinski definition) is 2. The van der Waals surface area contributed by atoms with E-state index in [1.165, 1.54) is 35.2 Å². The maximum Gasteiger partial charge on any atom is 0.252 e. The zero-order valence-corrected chi connectivity index (χ0v) is 22.1. The smallest absolute Gasteiger partial charge is 0.252 e. The summed E-state index contributed by atoms with van der Waals surface area (Å²) in [5, 5.41) is 9.13. The average molecular weight is 541 g/mol. The molecule has 0 aliphatic heterocycles. The van der Waals surface area contributed by atoms with Crippen LogP contribution in [0.25, 0.3) is 0 Å². The van der Waals surface area contributed by atoms with Crippen LogP contribution in [0.2, 0.25) is 0 Å². The first-order chi connectivity index (χ1) is 19.3. The van der Waals surface area contributed by atoms with Gasteiger partial charge < -0.3 is 15.2 Å². The summed E-state index contributed by atoms with van der Waals surface area (Å²) in [6.45, 7) is 3.83. The van der Waals surface area contributed by atoms with Crippen molar-refractivity contribution in [3.05, 3.63) is 125 Å². The number of aromatic nitrogens is 1. The Morgan fingerprint density at radius 3 is 2.40 bits per heavy atom. The van der Waals surface area contributed by atoms with Crippen molar-refractivity contribution in [2.45, 2.75) is 26.3 Å². The molecule has 1 atom stereocenters. The monoisotopic (exact) mass is 540 g/mol. The highest BCUT2D eigenvalue weighted by Crippen LogP contribution is 2.30. The Hall–Kier alpha value is -5.05. The zero-order valence-electron chi connectivity index (χ0n) is 22.1. The molecule has 4 rings (SSSR count). The van der Waals surface area contributed by atoms with Crippen LogP contribution >= 0.6 is 0 Å². The molecule has 9 heteroatoms. The predicted molar refractivity (Wildman–Crippen MR) is 150 cm³/mol. The molecular weight excluding hydrogens is 511 g/mol. The van der Waals surface area contributed by atoms with Gasteiger partial charge in [0.1, 0.15) is 17.6 Å². The van der Waals surface area contributed by atoms with Gasteiger partial charge in [0.25, 0.3) is 5.91 Å². The number of benzene rings is 3. The van der Waals surface area contributed by atoms with Crippen molar-refractivity contribution in [3.8, 4) is 0 Å². The maximum atomic E-state index is 14.3. The van der Waals surface area contributed by atoms with Gasteiger partial charge in [0.2, 0.25) is 11.8 Å². The minimum absolute atomic E-state index is 0.161. The van der Waals surface area contributed by atoms with Crippen LogP contribution in [0.5, 0.6) is 0 Å². The van der Waals surface area contributed by atoms with Gasteiger partial charge in [-0.2, -0.15) is 0 Å². The summed E-state index contributed by atoms with van der Waals surface area (Å²) in [5.74, 6) is -1.64. The molecule has 8 nitrogen and oxygen atoms in total. The molecule has 0 fully saturated rings. The standard InChI is InChI=1S/C31H29FN4O4/c1-21-9-6-7-14-26(21)30(31(39)33-18-17-23-10-4-3-5-11-23)36(25-13-8-12-24(32)20-25)29(38)16-15-28(37)34-27-19-22(2)40-35-27/h3-16,19-20,30H,17-18H2,1-2H3,(H,33,39)(H,34,35,37)/b16-15+/t30-/m1/s1. The van der Waals surface area contributed by atoms with Crippen LogP contribution < -0.4 is 15.5 Å². The number of nitrogens with one attached hydrogen (secondary N) is 2. The van der Waals surface area contributed by atoms with E-state index >= 15 is 0 Å². The summed E-state index contributed by atoms with van der Waals surface area (Å²) < 4.78 is 19.3. The molecule has 1 heterocycles. The Bertz CT molecular complexity index is 1520. The Labute approximate surface area is 231 Å². The first-order valence-electron chi connectivity index (χ1n) is 12.7. The number of aryl methyl sites for hydroxylation is 2. The van der Waals surface area contributed by atoms with Gasteiger partial charge in [0, 0.05) is 30.5 Å². The van der Waals surface area contributed by atoms with Crippen molar-refractivity contribution in [2.75, 3.05) is 16.8 Å². The Balaban J connectivity index is 1.65. The molecule has 1 aromatic heterocycles. The van der Waals surface area contributed by atoms with Gasteiger partial charge in [-0.25, -0.2) is 4.39 Å². The number of rotatable bonds is 10. The summed E-state index contributed by atoms with van der Waals surface area (Å²) in [6.07, 6.45) is 2.65. The van der Waals surface area contributed by atoms with Gasteiger partial charge in [0.05, 0.1) is 0 Å². The minimum atomic E-state index is -1.14. The molecule has 40 heavy (non-hydrogen) atoms. The van der Waals surface area contributed by atoms with E-state index in [1.807, 2.05) is 49.4 Å². The van der Waals surface area contributed by atoms with E-state index in [-0.39, 0.29) is 11.5 Å². The van der Waals surface area contributed by atoms with Crippen molar-refractivity contribution in [3.63, 3.8) is 0 Å². The molecule has 0 saturated heterocycles. The van der Waals surface area contributed by atoms with Crippen LogP contribution in [0.1, 0.15) is 28.5 Å². The Morgan fingerprint density at radius 1 is 0.950 bits per heavy atom. The van der Waals surface area contributed by atoms with Gasteiger partial charge in [-0.3, -0.25) is 19.3 Å². The first kappa shape index (κ1) is 28.0. The molecule has 0 saturated carbocycles. The van der Waals surface area contributed by atoms with Crippen LogP contribution in [-0.2, 0) is 20.8 Å². The number of amides is 3. The highest BCUT2D eigenvalue weighted by atomic mass is 19.1. The fourth-order valence-corrected chi connectivity index (χ4v) is 4.21. The molecule has 2 N–H and O–H groups in total. The van der Waals surface area contributed by atoms with E-state index in [4.69, 9.17) is 4.52 Å². The topological polar surface area (TPSA) is 105 Å². The fraction of sp³-hybridized carbons (Fsp3) is 0.161. The second-order valence-electron chi connectivity index (χ2n) is 9.12. The fourth-order valence-electron chi connectivity index (χ4n) is 4.21. The van der Waals surface area contributed by atoms with Gasteiger partial charge in [0.15, 0.2) is 5.82 Å². The lowest BCUT2D eigenvalue weighted by molar-refractivity contribution is -0.125. The van der Waals surface area contributed by atoms with E-state index in [1.54, 1.807) is 19.1 Å². The second kappa shape index (κ2) is 13.1. The van der Waals surface area contributed by atoms with E-state index in [0.717, 1.165) is 23.3 Å². The summed E-state index contributed by atoms with van der Waals surface area (Å²) >= 11 is 0.